The second-order valence-electron chi connectivity index (χ2n) is 7.82. The van der Waals surface area contributed by atoms with Crippen molar-refractivity contribution >= 4 is 23.2 Å². The molecule has 32 heavy (non-hydrogen) atoms. The second kappa shape index (κ2) is 9.78. The van der Waals surface area contributed by atoms with Crippen LogP contribution in [0, 0.1) is 18.6 Å². The number of carbonyl (C=O) groups is 1. The second-order valence-corrected chi connectivity index (χ2v) is 7.82. The van der Waals surface area contributed by atoms with E-state index in [0.717, 1.165) is 43.6 Å². The Morgan fingerprint density at radius 2 is 1.88 bits per heavy atom. The van der Waals surface area contributed by atoms with Gasteiger partial charge in [0.05, 0.1) is 18.4 Å². The highest BCUT2D eigenvalue weighted by Crippen LogP contribution is 2.27. The van der Waals surface area contributed by atoms with Crippen LogP contribution >= 0.6 is 0 Å². The Balaban J connectivity index is 1.33. The first-order valence-corrected chi connectivity index (χ1v) is 10.5. The van der Waals surface area contributed by atoms with Crippen molar-refractivity contribution in [2.45, 2.75) is 25.7 Å². The van der Waals surface area contributed by atoms with Crippen LogP contribution in [0.25, 0.3) is 0 Å². The summed E-state index contributed by atoms with van der Waals surface area (Å²) in [7, 11) is 0. The standard InChI is InChI=1S/C23H24F2N6O/c1-15-12-21(29-20-7-6-17(24)13-26-20)30-23(27-15)16-8-10-31(11-9-16)14-22(32)28-19-5-3-2-4-18(19)25/h2-7,12-13,16H,8-11,14H2,1H3,(H,28,32)(H,26,27,29,30). The number of carbonyl (C=O) groups excluding carboxylic acids is 1. The van der Waals surface area contributed by atoms with Crippen molar-refractivity contribution in [2.24, 2.45) is 0 Å². The molecule has 4 rings (SSSR count). The molecule has 0 saturated carbocycles. The van der Waals surface area contributed by atoms with Gasteiger partial charge < -0.3 is 10.6 Å². The number of para-hydroxylation sites is 1. The molecule has 9 heteroatoms. The van der Waals surface area contributed by atoms with Gasteiger partial charge in [-0.15, -0.1) is 0 Å². The minimum absolute atomic E-state index is 0.169. The predicted octanol–water partition coefficient (Wildman–Crippen LogP) is 4.02. The molecule has 0 unspecified atom stereocenters. The predicted molar refractivity (Wildman–Crippen MR) is 118 cm³/mol. The SMILES string of the molecule is Cc1cc(Nc2ccc(F)cn2)nc(C2CCN(CC(=O)Nc3ccccc3F)CC2)n1. The minimum atomic E-state index is -0.448. The fourth-order valence-electron chi connectivity index (χ4n) is 3.72. The number of pyridine rings is 1. The molecular weight excluding hydrogens is 414 g/mol. The lowest BCUT2D eigenvalue weighted by Crippen LogP contribution is -2.39. The number of rotatable bonds is 6. The van der Waals surface area contributed by atoms with E-state index in [1.165, 1.54) is 12.1 Å². The average molecular weight is 438 g/mol. The van der Waals surface area contributed by atoms with Crippen molar-refractivity contribution in [1.82, 2.24) is 19.9 Å². The summed E-state index contributed by atoms with van der Waals surface area (Å²) in [4.78, 5) is 27.6. The first kappa shape index (κ1) is 21.8. The summed E-state index contributed by atoms with van der Waals surface area (Å²) in [6.07, 6.45) is 2.77. The van der Waals surface area contributed by atoms with E-state index in [0.29, 0.717) is 11.6 Å². The number of aromatic nitrogens is 3. The molecule has 1 aromatic carbocycles. The van der Waals surface area contributed by atoms with E-state index in [1.54, 1.807) is 24.3 Å². The normalized spacial score (nSPS) is 14.8. The van der Waals surface area contributed by atoms with Crippen LogP contribution in [0.2, 0.25) is 0 Å². The maximum absolute atomic E-state index is 13.7. The van der Waals surface area contributed by atoms with Gasteiger partial charge in [-0.05, 0) is 57.1 Å². The van der Waals surface area contributed by atoms with E-state index in [1.807, 2.05) is 17.9 Å². The third kappa shape index (κ3) is 5.61. The first-order chi connectivity index (χ1) is 15.5. The Labute approximate surface area is 184 Å². The highest BCUT2D eigenvalue weighted by molar-refractivity contribution is 5.92. The molecule has 7 nitrogen and oxygen atoms in total. The van der Waals surface area contributed by atoms with Gasteiger partial charge >= 0.3 is 0 Å². The lowest BCUT2D eigenvalue weighted by Gasteiger charge is -2.30. The zero-order valence-corrected chi connectivity index (χ0v) is 17.7. The molecule has 1 aliphatic rings. The highest BCUT2D eigenvalue weighted by Gasteiger charge is 2.24. The van der Waals surface area contributed by atoms with Crippen LogP contribution in [-0.4, -0.2) is 45.4 Å². The molecule has 3 heterocycles. The number of nitrogens with one attached hydrogen (secondary N) is 2. The van der Waals surface area contributed by atoms with Crippen LogP contribution in [0.5, 0.6) is 0 Å². The smallest absolute Gasteiger partial charge is 0.238 e. The maximum atomic E-state index is 13.7. The summed E-state index contributed by atoms with van der Waals surface area (Å²) in [5.41, 5.74) is 1.02. The van der Waals surface area contributed by atoms with Gasteiger partial charge in [0, 0.05) is 17.7 Å². The molecule has 166 valence electrons. The van der Waals surface area contributed by atoms with Gasteiger partial charge in [-0.2, -0.15) is 0 Å². The Morgan fingerprint density at radius 3 is 2.59 bits per heavy atom. The molecule has 0 bridgehead atoms. The summed E-state index contributed by atoms with van der Waals surface area (Å²) in [6.45, 7) is 3.54. The van der Waals surface area contributed by atoms with Crippen LogP contribution in [0.3, 0.4) is 0 Å². The molecular formula is C23H24F2N6O. The Bertz CT molecular complexity index is 1080. The van der Waals surface area contributed by atoms with Crippen LogP contribution in [-0.2, 0) is 4.79 Å². The summed E-state index contributed by atoms with van der Waals surface area (Å²) in [5, 5.41) is 5.72. The number of hydrogen-bond donors (Lipinski definition) is 2. The van der Waals surface area contributed by atoms with E-state index in [2.05, 4.69) is 25.6 Å². The molecule has 0 radical (unpaired) electrons. The van der Waals surface area contributed by atoms with Gasteiger partial charge in [0.15, 0.2) is 0 Å². The van der Waals surface area contributed by atoms with Gasteiger partial charge in [-0.25, -0.2) is 23.7 Å². The molecule has 1 amide bonds. The van der Waals surface area contributed by atoms with Crippen LogP contribution in [0.1, 0.15) is 30.3 Å². The molecule has 1 aliphatic heterocycles. The van der Waals surface area contributed by atoms with Crippen LogP contribution in [0.4, 0.5) is 26.1 Å². The topological polar surface area (TPSA) is 83.0 Å². The Morgan fingerprint density at radius 1 is 1.09 bits per heavy atom. The number of likely N-dealkylation sites (tertiary alicyclic amines) is 1. The van der Waals surface area contributed by atoms with Crippen molar-refractivity contribution in [3.8, 4) is 0 Å². The largest absolute Gasteiger partial charge is 0.325 e. The lowest BCUT2D eigenvalue weighted by atomic mass is 9.96. The summed E-state index contributed by atoms with van der Waals surface area (Å²) in [6, 6.07) is 10.8. The van der Waals surface area contributed by atoms with Crippen molar-refractivity contribution in [3.63, 3.8) is 0 Å². The molecule has 1 saturated heterocycles. The number of benzene rings is 1. The van der Waals surface area contributed by atoms with E-state index >= 15 is 0 Å². The van der Waals surface area contributed by atoms with Gasteiger partial charge in [0.2, 0.25) is 5.91 Å². The number of piperidine rings is 1. The molecule has 2 N–H and O–H groups in total. The number of aryl methyl sites for hydroxylation is 1. The van der Waals surface area contributed by atoms with Crippen molar-refractivity contribution in [3.05, 3.63) is 71.8 Å². The quantitative estimate of drug-likeness (QED) is 0.605. The van der Waals surface area contributed by atoms with E-state index in [9.17, 15) is 13.6 Å². The summed E-state index contributed by atoms with van der Waals surface area (Å²) < 4.78 is 26.8. The Hall–Kier alpha value is -3.46. The molecule has 2 aromatic heterocycles. The molecule has 0 atom stereocenters. The van der Waals surface area contributed by atoms with Crippen molar-refractivity contribution < 1.29 is 13.6 Å². The number of halogens is 2. The summed E-state index contributed by atoms with van der Waals surface area (Å²) >= 11 is 0. The lowest BCUT2D eigenvalue weighted by molar-refractivity contribution is -0.117. The van der Waals surface area contributed by atoms with Crippen molar-refractivity contribution in [2.75, 3.05) is 30.3 Å². The number of nitrogens with zero attached hydrogens (tertiary/aromatic N) is 4. The summed E-state index contributed by atoms with van der Waals surface area (Å²) in [5.74, 6) is 0.941. The van der Waals surface area contributed by atoms with E-state index in [-0.39, 0.29) is 24.1 Å². The zero-order valence-electron chi connectivity index (χ0n) is 17.7. The minimum Gasteiger partial charge on any atom is -0.325 e. The third-order valence-electron chi connectivity index (χ3n) is 5.32. The Kier molecular flexibility index (Phi) is 6.65. The van der Waals surface area contributed by atoms with Gasteiger partial charge in [0.1, 0.15) is 29.1 Å². The highest BCUT2D eigenvalue weighted by atomic mass is 19.1. The van der Waals surface area contributed by atoms with E-state index < -0.39 is 11.6 Å². The van der Waals surface area contributed by atoms with Crippen LogP contribution < -0.4 is 10.6 Å². The maximum Gasteiger partial charge on any atom is 0.238 e. The fraction of sp³-hybridized carbons (Fsp3) is 0.304. The van der Waals surface area contributed by atoms with Crippen molar-refractivity contribution in [1.29, 1.82) is 0 Å². The first-order valence-electron chi connectivity index (χ1n) is 10.5. The number of anilines is 3. The van der Waals surface area contributed by atoms with Gasteiger partial charge in [-0.1, -0.05) is 12.1 Å². The molecule has 0 spiro atoms. The molecule has 0 aliphatic carbocycles. The third-order valence-corrected chi connectivity index (χ3v) is 5.32. The molecule has 1 fully saturated rings. The zero-order chi connectivity index (χ0) is 22.5. The van der Waals surface area contributed by atoms with Gasteiger partial charge in [0.25, 0.3) is 0 Å². The van der Waals surface area contributed by atoms with Crippen LogP contribution in [0.15, 0.2) is 48.7 Å². The van der Waals surface area contributed by atoms with E-state index in [4.69, 9.17) is 0 Å². The fourth-order valence-corrected chi connectivity index (χ4v) is 3.72. The number of amides is 1. The average Bonchev–Trinajstić information content (AvgIpc) is 2.77. The van der Waals surface area contributed by atoms with Gasteiger partial charge in [-0.3, -0.25) is 9.69 Å². The molecule has 3 aromatic rings. The number of hydrogen-bond acceptors (Lipinski definition) is 6. The monoisotopic (exact) mass is 438 g/mol.